The molecule has 2 heterocycles. The van der Waals surface area contributed by atoms with Gasteiger partial charge in [-0.1, -0.05) is 19.3 Å². The maximum absolute atomic E-state index is 11.2. The molecule has 19 heavy (non-hydrogen) atoms. The van der Waals surface area contributed by atoms with Crippen LogP contribution in [-0.2, 0) is 11.2 Å². The van der Waals surface area contributed by atoms with Gasteiger partial charge in [0.2, 0.25) is 0 Å². The Labute approximate surface area is 112 Å². The van der Waals surface area contributed by atoms with Gasteiger partial charge in [-0.25, -0.2) is 9.78 Å². The third kappa shape index (κ3) is 2.87. The molecule has 0 spiro atoms. The summed E-state index contributed by atoms with van der Waals surface area (Å²) in [4.78, 5) is 15.7. The molecule has 1 aliphatic carbocycles. The van der Waals surface area contributed by atoms with Gasteiger partial charge in [0.05, 0.1) is 24.8 Å². The van der Waals surface area contributed by atoms with Crippen LogP contribution < -0.4 is 5.32 Å². The Morgan fingerprint density at radius 2 is 2.21 bits per heavy atom. The molecule has 0 bridgehead atoms. The van der Waals surface area contributed by atoms with Gasteiger partial charge in [-0.3, -0.25) is 0 Å². The molecule has 2 fully saturated rings. The van der Waals surface area contributed by atoms with Gasteiger partial charge in [0.25, 0.3) is 0 Å². The number of nitrogens with one attached hydrogen (secondary N) is 1. The second-order valence-corrected chi connectivity index (χ2v) is 5.42. The van der Waals surface area contributed by atoms with Crippen LogP contribution in [0.25, 0.3) is 0 Å². The topological polar surface area (TPSA) is 71.5 Å². The highest BCUT2D eigenvalue weighted by molar-refractivity contribution is 5.88. The molecule has 0 unspecified atom stereocenters. The van der Waals surface area contributed by atoms with Crippen molar-refractivity contribution in [1.82, 2.24) is 4.98 Å². The largest absolute Gasteiger partial charge is 0.478 e. The molecule has 0 amide bonds. The van der Waals surface area contributed by atoms with E-state index < -0.39 is 5.97 Å². The van der Waals surface area contributed by atoms with E-state index in [1.807, 2.05) is 0 Å². The number of rotatable bonds is 5. The summed E-state index contributed by atoms with van der Waals surface area (Å²) >= 11 is 0. The number of aromatic nitrogens is 1. The quantitative estimate of drug-likeness (QED) is 0.848. The van der Waals surface area contributed by atoms with Crippen LogP contribution >= 0.6 is 0 Å². The van der Waals surface area contributed by atoms with Crippen molar-refractivity contribution in [3.05, 3.63) is 23.4 Å². The Bertz CT molecular complexity index is 447. The smallest absolute Gasteiger partial charge is 0.335 e. The highest BCUT2D eigenvalue weighted by Gasteiger charge is 2.22. The first kappa shape index (κ1) is 12.4. The fourth-order valence-electron chi connectivity index (χ4n) is 2.41. The van der Waals surface area contributed by atoms with E-state index in [1.54, 1.807) is 12.1 Å². The summed E-state index contributed by atoms with van der Waals surface area (Å²) in [6.45, 7) is 1.33. The Hall–Kier alpha value is -1.62. The second kappa shape index (κ2) is 5.17. The number of ether oxygens (including phenoxy) is 1. The van der Waals surface area contributed by atoms with Crippen molar-refractivity contribution in [3.63, 3.8) is 0 Å². The fourth-order valence-corrected chi connectivity index (χ4v) is 2.41. The molecule has 1 aliphatic heterocycles. The van der Waals surface area contributed by atoms with Crippen LogP contribution in [0, 0.1) is 5.92 Å². The lowest BCUT2D eigenvalue weighted by Crippen LogP contribution is -2.40. The summed E-state index contributed by atoms with van der Waals surface area (Å²) in [6, 6.07) is 3.56. The van der Waals surface area contributed by atoms with E-state index in [4.69, 9.17) is 9.84 Å². The molecule has 1 aromatic rings. The number of hydrogen-bond donors (Lipinski definition) is 2. The highest BCUT2D eigenvalue weighted by atomic mass is 16.5. The van der Waals surface area contributed by atoms with Gasteiger partial charge < -0.3 is 15.2 Å². The van der Waals surface area contributed by atoms with Crippen LogP contribution in [0.15, 0.2) is 12.1 Å². The predicted octanol–water partition coefficient (Wildman–Crippen LogP) is 1.93. The monoisotopic (exact) mass is 262 g/mol. The third-order valence-electron chi connectivity index (χ3n) is 3.84. The number of anilines is 1. The Balaban J connectivity index is 1.78. The van der Waals surface area contributed by atoms with Gasteiger partial charge in [-0.05, 0) is 24.5 Å². The average Bonchev–Trinajstić information content (AvgIpc) is 2.28. The number of hydrogen-bond acceptors (Lipinski definition) is 4. The minimum atomic E-state index is -0.898. The first-order valence-corrected chi connectivity index (χ1v) is 6.79. The van der Waals surface area contributed by atoms with Crippen LogP contribution in [0.5, 0.6) is 0 Å². The van der Waals surface area contributed by atoms with Crippen LogP contribution in [-0.4, -0.2) is 35.3 Å². The predicted molar refractivity (Wildman–Crippen MR) is 70.5 cm³/mol. The van der Waals surface area contributed by atoms with E-state index in [0.717, 1.165) is 12.1 Å². The van der Waals surface area contributed by atoms with E-state index in [9.17, 15) is 4.79 Å². The normalized spacial score (nSPS) is 19.6. The lowest BCUT2D eigenvalue weighted by molar-refractivity contribution is 0.0209. The molecule has 1 saturated carbocycles. The van der Waals surface area contributed by atoms with E-state index in [-0.39, 0.29) is 6.04 Å². The summed E-state index contributed by atoms with van der Waals surface area (Å²) in [5.74, 6) is 0.434. The third-order valence-corrected chi connectivity index (χ3v) is 3.84. The molecular weight excluding hydrogens is 244 g/mol. The molecule has 2 N–H and O–H groups in total. The molecule has 1 saturated heterocycles. The van der Waals surface area contributed by atoms with Gasteiger partial charge in [-0.15, -0.1) is 0 Å². The van der Waals surface area contributed by atoms with Crippen LogP contribution in [0.2, 0.25) is 0 Å². The number of carboxylic acid groups (broad SMARTS) is 1. The van der Waals surface area contributed by atoms with Crippen molar-refractivity contribution in [2.24, 2.45) is 5.92 Å². The number of nitrogens with zero attached hydrogens (tertiary/aromatic N) is 1. The zero-order valence-corrected chi connectivity index (χ0v) is 10.8. The van der Waals surface area contributed by atoms with E-state index in [1.165, 1.54) is 19.3 Å². The Morgan fingerprint density at radius 3 is 2.74 bits per heavy atom. The molecule has 102 valence electrons. The molecule has 2 aliphatic rings. The summed E-state index contributed by atoms with van der Waals surface area (Å²) in [6.07, 6.45) is 4.64. The maximum atomic E-state index is 11.2. The number of aromatic carboxylic acids is 1. The Kier molecular flexibility index (Phi) is 3.38. The van der Waals surface area contributed by atoms with Gasteiger partial charge >= 0.3 is 5.97 Å². The van der Waals surface area contributed by atoms with Crippen molar-refractivity contribution in [1.29, 1.82) is 0 Å². The zero-order valence-electron chi connectivity index (χ0n) is 10.8. The van der Waals surface area contributed by atoms with Gasteiger partial charge in [-0.2, -0.15) is 0 Å². The minimum Gasteiger partial charge on any atom is -0.478 e. The van der Waals surface area contributed by atoms with Crippen molar-refractivity contribution < 1.29 is 14.6 Å². The molecule has 0 atom stereocenters. The van der Waals surface area contributed by atoms with E-state index in [2.05, 4.69) is 10.3 Å². The van der Waals surface area contributed by atoms with Gasteiger partial charge in [0.1, 0.15) is 5.82 Å². The van der Waals surface area contributed by atoms with Crippen LogP contribution in [0.1, 0.15) is 35.3 Å². The van der Waals surface area contributed by atoms with Gasteiger partial charge in [0.15, 0.2) is 0 Å². The summed E-state index contributed by atoms with van der Waals surface area (Å²) in [7, 11) is 0. The Morgan fingerprint density at radius 1 is 1.42 bits per heavy atom. The standard InChI is InChI=1S/C14H18N2O3/c17-14(18)10-5-11(4-9-2-1-3-9)15-13(6-10)16-12-7-19-8-12/h5-6,9,12H,1-4,7-8H2,(H,15,16)(H,17,18). The zero-order chi connectivity index (χ0) is 13.2. The second-order valence-electron chi connectivity index (χ2n) is 5.42. The van der Waals surface area contributed by atoms with Crippen molar-refractivity contribution in [2.45, 2.75) is 31.7 Å². The van der Waals surface area contributed by atoms with E-state index >= 15 is 0 Å². The first-order valence-electron chi connectivity index (χ1n) is 6.79. The molecule has 0 radical (unpaired) electrons. The summed E-state index contributed by atoms with van der Waals surface area (Å²) in [5, 5.41) is 12.4. The summed E-state index contributed by atoms with van der Waals surface area (Å²) < 4.78 is 5.10. The highest BCUT2D eigenvalue weighted by Crippen LogP contribution is 2.30. The lowest BCUT2D eigenvalue weighted by Gasteiger charge is -2.28. The number of carbonyl (C=O) groups is 1. The lowest BCUT2D eigenvalue weighted by atomic mass is 9.82. The SMILES string of the molecule is O=C(O)c1cc(CC2CCC2)nc(NC2COC2)c1. The van der Waals surface area contributed by atoms with Crippen molar-refractivity contribution in [2.75, 3.05) is 18.5 Å². The maximum Gasteiger partial charge on any atom is 0.335 e. The van der Waals surface area contributed by atoms with Crippen molar-refractivity contribution >= 4 is 11.8 Å². The van der Waals surface area contributed by atoms with E-state index in [0.29, 0.717) is 30.5 Å². The fraction of sp³-hybridized carbons (Fsp3) is 0.571. The van der Waals surface area contributed by atoms with Crippen molar-refractivity contribution in [3.8, 4) is 0 Å². The molecular formula is C14H18N2O3. The molecule has 0 aromatic carbocycles. The molecule has 5 nitrogen and oxygen atoms in total. The van der Waals surface area contributed by atoms with Crippen LogP contribution in [0.4, 0.5) is 5.82 Å². The number of pyridine rings is 1. The molecule has 5 heteroatoms. The molecule has 1 aromatic heterocycles. The van der Waals surface area contributed by atoms with Gasteiger partial charge in [0, 0.05) is 5.69 Å². The average molecular weight is 262 g/mol. The number of carboxylic acids is 1. The molecule has 3 rings (SSSR count). The first-order chi connectivity index (χ1) is 9.20. The minimum absolute atomic E-state index is 0.257. The van der Waals surface area contributed by atoms with Crippen LogP contribution in [0.3, 0.4) is 0 Å². The summed E-state index contributed by atoms with van der Waals surface area (Å²) in [5.41, 5.74) is 1.19.